The minimum Gasteiger partial charge on any atom is -0.456 e. The van der Waals surface area contributed by atoms with Crippen molar-refractivity contribution in [3.63, 3.8) is 0 Å². The number of thiophene rings is 1. The van der Waals surface area contributed by atoms with Gasteiger partial charge < -0.3 is 8.98 Å². The zero-order chi connectivity index (χ0) is 26.9. The molecule has 0 unspecified atom stereocenters. The van der Waals surface area contributed by atoms with E-state index in [1.54, 1.807) is 0 Å². The van der Waals surface area contributed by atoms with Crippen molar-refractivity contribution >= 4 is 64.5 Å². The van der Waals surface area contributed by atoms with E-state index in [9.17, 15) is 0 Å². The van der Waals surface area contributed by atoms with E-state index in [2.05, 4.69) is 132 Å². The lowest BCUT2D eigenvalue weighted by molar-refractivity contribution is 0.669. The summed E-state index contributed by atoms with van der Waals surface area (Å²) in [6.07, 6.45) is 0. The van der Waals surface area contributed by atoms with Crippen LogP contribution in [0.3, 0.4) is 0 Å². The van der Waals surface area contributed by atoms with Gasteiger partial charge in [-0.05, 0) is 64.7 Å². The quantitative estimate of drug-likeness (QED) is 0.217. The Balaban J connectivity index is 1.21. The first kappa shape index (κ1) is 22.7. The van der Waals surface area contributed by atoms with Crippen LogP contribution >= 0.6 is 11.3 Å². The third kappa shape index (κ3) is 3.36. The Bertz CT molecular complexity index is 2410. The molecular formula is C38H23NOS. The third-order valence-electron chi connectivity index (χ3n) is 8.22. The van der Waals surface area contributed by atoms with Crippen LogP contribution in [0.5, 0.6) is 0 Å². The smallest absolute Gasteiger partial charge is 0.136 e. The molecule has 0 aliphatic rings. The van der Waals surface area contributed by atoms with Gasteiger partial charge in [0, 0.05) is 31.9 Å². The van der Waals surface area contributed by atoms with Crippen molar-refractivity contribution in [1.29, 1.82) is 0 Å². The summed E-state index contributed by atoms with van der Waals surface area (Å²) in [5, 5.41) is 4.93. The average Bonchev–Trinajstić information content (AvgIpc) is 3.70. The lowest BCUT2D eigenvalue weighted by atomic mass is 9.96. The van der Waals surface area contributed by atoms with Crippen molar-refractivity contribution in [3.8, 4) is 27.9 Å². The number of hydrogen-bond donors (Lipinski definition) is 0. The van der Waals surface area contributed by atoms with E-state index >= 15 is 0 Å². The molecule has 0 saturated heterocycles. The maximum atomic E-state index is 6.14. The van der Waals surface area contributed by atoms with Crippen LogP contribution in [-0.2, 0) is 0 Å². The molecule has 0 N–H and O–H groups in total. The van der Waals surface area contributed by atoms with Gasteiger partial charge in [0.1, 0.15) is 11.2 Å². The molecule has 9 aromatic rings. The molecule has 0 spiro atoms. The molecule has 0 atom stereocenters. The molecule has 0 fully saturated rings. The largest absolute Gasteiger partial charge is 0.456 e. The van der Waals surface area contributed by atoms with E-state index < -0.39 is 0 Å². The molecule has 0 saturated carbocycles. The number of rotatable bonds is 3. The van der Waals surface area contributed by atoms with Crippen LogP contribution in [0.4, 0.5) is 0 Å². The maximum Gasteiger partial charge on any atom is 0.136 e. The van der Waals surface area contributed by atoms with E-state index in [1.165, 1.54) is 64.5 Å². The molecule has 2 nitrogen and oxygen atoms in total. The predicted octanol–water partition coefficient (Wildman–Crippen LogP) is 11.2. The first-order chi connectivity index (χ1) is 20.3. The minimum atomic E-state index is 0.925. The third-order valence-corrected chi connectivity index (χ3v) is 9.41. The van der Waals surface area contributed by atoms with Gasteiger partial charge in [-0.15, -0.1) is 11.3 Å². The van der Waals surface area contributed by atoms with Crippen molar-refractivity contribution in [2.45, 2.75) is 0 Å². The van der Waals surface area contributed by atoms with Gasteiger partial charge >= 0.3 is 0 Å². The molecule has 9 rings (SSSR count). The number of nitrogens with zero attached hydrogens (tertiary/aromatic N) is 1. The molecule has 0 bridgehead atoms. The summed E-state index contributed by atoms with van der Waals surface area (Å²) < 4.78 is 11.2. The van der Waals surface area contributed by atoms with E-state index in [0.29, 0.717) is 0 Å². The second kappa shape index (κ2) is 8.69. The van der Waals surface area contributed by atoms with Gasteiger partial charge in [0.05, 0.1) is 15.7 Å². The number of benzene rings is 6. The Morgan fingerprint density at radius 3 is 2.10 bits per heavy atom. The van der Waals surface area contributed by atoms with Crippen molar-refractivity contribution in [3.05, 3.63) is 140 Å². The van der Waals surface area contributed by atoms with Gasteiger partial charge in [0.25, 0.3) is 0 Å². The van der Waals surface area contributed by atoms with Crippen LogP contribution in [0, 0.1) is 0 Å². The van der Waals surface area contributed by atoms with Crippen LogP contribution in [-0.4, -0.2) is 4.57 Å². The summed E-state index contributed by atoms with van der Waals surface area (Å²) in [6, 6.07) is 49.9. The topological polar surface area (TPSA) is 18.1 Å². The Hall–Kier alpha value is -5.12. The van der Waals surface area contributed by atoms with Gasteiger partial charge in [-0.1, -0.05) is 97.1 Å². The van der Waals surface area contributed by atoms with Gasteiger partial charge in [-0.3, -0.25) is 0 Å². The summed E-state index contributed by atoms with van der Waals surface area (Å²) in [6.45, 7) is 0. The number of aromatic nitrogens is 1. The predicted molar refractivity (Wildman–Crippen MR) is 174 cm³/mol. The molecule has 3 aromatic heterocycles. The Morgan fingerprint density at radius 1 is 0.512 bits per heavy atom. The number of para-hydroxylation sites is 3. The SMILES string of the molecule is c1ccc(-n2c3ccccc3c3sc4ccc(-c5ccc(-c6cccc7oc8ccccc8c67)cc5)cc4c32)cc1. The van der Waals surface area contributed by atoms with E-state index in [-0.39, 0.29) is 0 Å². The highest BCUT2D eigenvalue weighted by molar-refractivity contribution is 7.26. The molecule has 0 amide bonds. The van der Waals surface area contributed by atoms with Crippen molar-refractivity contribution in [1.82, 2.24) is 4.57 Å². The fourth-order valence-electron chi connectivity index (χ4n) is 6.35. The Kier molecular flexibility index (Phi) is 4.80. The molecule has 3 heterocycles. The molecule has 3 heteroatoms. The summed E-state index contributed by atoms with van der Waals surface area (Å²) in [7, 11) is 0. The second-order valence-electron chi connectivity index (χ2n) is 10.5. The first-order valence-electron chi connectivity index (χ1n) is 13.9. The van der Waals surface area contributed by atoms with Crippen LogP contribution in [0.1, 0.15) is 0 Å². The highest BCUT2D eigenvalue weighted by Gasteiger charge is 2.18. The highest BCUT2D eigenvalue weighted by Crippen LogP contribution is 2.44. The molecular weight excluding hydrogens is 518 g/mol. The maximum absolute atomic E-state index is 6.14. The summed E-state index contributed by atoms with van der Waals surface area (Å²) in [4.78, 5) is 0. The molecule has 0 aliphatic heterocycles. The Morgan fingerprint density at radius 2 is 1.22 bits per heavy atom. The lowest BCUT2D eigenvalue weighted by Gasteiger charge is -2.09. The molecule has 0 aliphatic carbocycles. The van der Waals surface area contributed by atoms with Gasteiger partial charge in [0.2, 0.25) is 0 Å². The van der Waals surface area contributed by atoms with Crippen molar-refractivity contribution < 1.29 is 4.42 Å². The summed E-state index contributed by atoms with van der Waals surface area (Å²) >= 11 is 1.88. The van der Waals surface area contributed by atoms with Crippen LogP contribution in [0.2, 0.25) is 0 Å². The Labute approximate surface area is 240 Å². The highest BCUT2D eigenvalue weighted by atomic mass is 32.1. The zero-order valence-corrected chi connectivity index (χ0v) is 22.9. The normalized spacial score (nSPS) is 11.9. The average molecular weight is 542 g/mol. The number of fused-ring (bicyclic) bond motifs is 8. The summed E-state index contributed by atoms with van der Waals surface area (Å²) in [5.74, 6) is 0. The second-order valence-corrected chi connectivity index (χ2v) is 11.6. The summed E-state index contributed by atoms with van der Waals surface area (Å²) in [5.41, 5.74) is 10.4. The molecule has 192 valence electrons. The van der Waals surface area contributed by atoms with Gasteiger partial charge in [-0.2, -0.15) is 0 Å². The van der Waals surface area contributed by atoms with Crippen LogP contribution in [0.25, 0.3) is 81.1 Å². The monoisotopic (exact) mass is 541 g/mol. The first-order valence-corrected chi connectivity index (χ1v) is 14.7. The van der Waals surface area contributed by atoms with Crippen LogP contribution < -0.4 is 0 Å². The fourth-order valence-corrected chi connectivity index (χ4v) is 7.55. The van der Waals surface area contributed by atoms with Gasteiger partial charge in [-0.25, -0.2) is 0 Å². The number of furan rings is 1. The van der Waals surface area contributed by atoms with E-state index in [0.717, 1.165) is 16.6 Å². The van der Waals surface area contributed by atoms with Crippen LogP contribution in [0.15, 0.2) is 144 Å². The van der Waals surface area contributed by atoms with E-state index in [1.807, 2.05) is 23.5 Å². The van der Waals surface area contributed by atoms with Crippen molar-refractivity contribution in [2.75, 3.05) is 0 Å². The molecule has 0 radical (unpaired) electrons. The van der Waals surface area contributed by atoms with Gasteiger partial charge in [0.15, 0.2) is 0 Å². The zero-order valence-electron chi connectivity index (χ0n) is 22.0. The lowest BCUT2D eigenvalue weighted by Crippen LogP contribution is -1.92. The number of hydrogen-bond acceptors (Lipinski definition) is 2. The fraction of sp³-hybridized carbons (Fsp3) is 0. The van der Waals surface area contributed by atoms with Crippen molar-refractivity contribution in [2.24, 2.45) is 0 Å². The molecule has 6 aromatic carbocycles. The van der Waals surface area contributed by atoms with E-state index in [4.69, 9.17) is 4.42 Å². The molecule has 41 heavy (non-hydrogen) atoms. The minimum absolute atomic E-state index is 0.925. The standard InChI is InChI=1S/C38H23NOS/c1-2-9-27(10-3-1)39-32-14-6-4-11-29(32)38-37(39)31-23-26(21-22-35(31)41-38)24-17-19-25(20-18-24)28-13-8-16-34-36(28)30-12-5-7-15-33(30)40-34/h1-23H.